The predicted molar refractivity (Wildman–Crippen MR) is 192 cm³/mol. The first kappa shape index (κ1) is 39.1. The number of carbonyl (C=O) groups excluding carboxylic acids is 1. The summed E-state index contributed by atoms with van der Waals surface area (Å²) in [7, 11) is 0. The Kier molecular flexibility index (Phi) is 10.8. The molecule has 1 heterocycles. The van der Waals surface area contributed by atoms with Crippen LogP contribution in [-0.2, 0) is 14.3 Å². The normalized spacial score (nSPS) is 50.3. The summed E-state index contributed by atoms with van der Waals surface area (Å²) in [6.07, 6.45) is 7.40. The van der Waals surface area contributed by atoms with Gasteiger partial charge in [-0.15, -0.1) is 0 Å². The number of carbonyl (C=O) groups is 1. The molecule has 0 aromatic rings. The summed E-state index contributed by atoms with van der Waals surface area (Å²) in [6.45, 7) is 17.2. The van der Waals surface area contributed by atoms with E-state index in [1.807, 2.05) is 0 Å². The summed E-state index contributed by atoms with van der Waals surface area (Å²) in [4.78, 5) is 13.1. The number of rotatable bonds is 10. The van der Waals surface area contributed by atoms with E-state index in [4.69, 9.17) is 15.2 Å². The zero-order valence-electron chi connectivity index (χ0n) is 32.2. The average Bonchev–Trinajstić information content (AvgIpc) is 3.42. The zero-order chi connectivity index (χ0) is 36.6. The highest BCUT2D eigenvalue weighted by atomic mass is 16.7. The Morgan fingerprint density at radius 3 is 2.14 bits per heavy atom. The van der Waals surface area contributed by atoms with Gasteiger partial charge in [0.2, 0.25) is 0 Å². The summed E-state index contributed by atoms with van der Waals surface area (Å²) < 4.78 is 10.9. The van der Waals surface area contributed by atoms with Crippen molar-refractivity contribution < 1.29 is 39.8 Å². The van der Waals surface area contributed by atoms with E-state index in [1.54, 1.807) is 0 Å². The van der Waals surface area contributed by atoms with Crippen molar-refractivity contribution >= 4 is 5.78 Å². The van der Waals surface area contributed by atoms with Crippen molar-refractivity contribution in [1.82, 2.24) is 0 Å². The molecule has 6 aliphatic rings. The van der Waals surface area contributed by atoms with Crippen LogP contribution < -0.4 is 5.73 Å². The van der Waals surface area contributed by atoms with Crippen LogP contribution in [0.1, 0.15) is 132 Å². The molecule has 17 atom stereocenters. The fourth-order valence-corrected chi connectivity index (χ4v) is 14.5. The number of Topliss-reactive ketones (excluding diaryl/α,β-unsaturated/α-hetero) is 1. The molecule has 50 heavy (non-hydrogen) atoms. The number of ether oxygens (including phenoxy) is 2. The number of fused-ring (bicyclic) bond motifs is 7. The van der Waals surface area contributed by atoms with Gasteiger partial charge in [-0.25, -0.2) is 0 Å². The van der Waals surface area contributed by atoms with Crippen molar-refractivity contribution in [1.29, 1.82) is 0 Å². The van der Waals surface area contributed by atoms with Gasteiger partial charge in [0.25, 0.3) is 0 Å². The Bertz CT molecular complexity index is 1230. The Morgan fingerprint density at radius 2 is 1.48 bits per heavy atom. The molecule has 6 rings (SSSR count). The zero-order valence-corrected chi connectivity index (χ0v) is 32.2. The number of hydrogen-bond donors (Lipinski definition) is 6. The largest absolute Gasteiger partial charge is 0.394 e. The van der Waals surface area contributed by atoms with E-state index in [0.717, 1.165) is 17.8 Å². The highest BCUT2D eigenvalue weighted by molar-refractivity contribution is 5.83. The topological polar surface area (TPSA) is 163 Å². The van der Waals surface area contributed by atoms with E-state index in [9.17, 15) is 30.3 Å². The molecule has 0 aromatic heterocycles. The van der Waals surface area contributed by atoms with Gasteiger partial charge in [-0.05, 0) is 133 Å². The van der Waals surface area contributed by atoms with Crippen molar-refractivity contribution in [2.24, 2.45) is 68.3 Å². The molecule has 288 valence electrons. The number of nitrogens with two attached hydrogens (primary N) is 1. The molecular weight excluding hydrogens is 634 g/mol. The lowest BCUT2D eigenvalue weighted by molar-refractivity contribution is -0.271. The number of aliphatic hydroxyl groups excluding tert-OH is 5. The Balaban J connectivity index is 1.05. The number of hydrogen-bond acceptors (Lipinski definition) is 9. The molecule has 0 spiro atoms. The van der Waals surface area contributed by atoms with E-state index >= 15 is 0 Å². The molecule has 0 bridgehead atoms. The van der Waals surface area contributed by atoms with Crippen molar-refractivity contribution in [3.63, 3.8) is 0 Å². The van der Waals surface area contributed by atoms with Gasteiger partial charge in [0.15, 0.2) is 12.1 Å². The van der Waals surface area contributed by atoms with E-state index in [0.29, 0.717) is 51.2 Å². The van der Waals surface area contributed by atoms with Gasteiger partial charge in [-0.1, -0.05) is 54.9 Å². The van der Waals surface area contributed by atoms with Crippen LogP contribution in [0.2, 0.25) is 0 Å². The highest BCUT2D eigenvalue weighted by Crippen LogP contribution is 2.78. The molecular formula is C41H71NO8. The minimum Gasteiger partial charge on any atom is -0.394 e. The molecule has 6 fully saturated rings. The van der Waals surface area contributed by atoms with E-state index in [2.05, 4.69) is 48.5 Å². The second kappa shape index (κ2) is 13.9. The first-order valence-corrected chi connectivity index (χ1v) is 20.2. The van der Waals surface area contributed by atoms with Crippen LogP contribution in [0.4, 0.5) is 0 Å². The van der Waals surface area contributed by atoms with Crippen LogP contribution in [-0.4, -0.2) is 87.4 Å². The van der Waals surface area contributed by atoms with Gasteiger partial charge in [0, 0.05) is 6.42 Å². The van der Waals surface area contributed by atoms with E-state index < -0.39 is 61.8 Å². The summed E-state index contributed by atoms with van der Waals surface area (Å²) >= 11 is 0. The fourth-order valence-electron chi connectivity index (χ4n) is 14.5. The maximum Gasteiger partial charge on any atom is 0.175 e. The van der Waals surface area contributed by atoms with Gasteiger partial charge >= 0.3 is 0 Å². The van der Waals surface area contributed by atoms with Crippen LogP contribution in [0.15, 0.2) is 0 Å². The first-order valence-electron chi connectivity index (χ1n) is 20.2. The first-order chi connectivity index (χ1) is 23.4. The SMILES string of the molecule is CC(CCC(=O)C(O)C(O)CO[C@@H]1O[C@H](CO)[C@@H](O)[C@H](O)[C@H]1N)[C@H]1CC[C@]2(C)[C@H]3CC[C@@H]4[C@@]5(C)CCCC(C)(C)[C@@H]5CC[C@@]4(C)[C@]3(C)CC[C@@H]12. The minimum absolute atomic E-state index is 0.188. The molecule has 5 aliphatic carbocycles. The predicted octanol–water partition coefficient (Wildman–Crippen LogP) is 4.97. The van der Waals surface area contributed by atoms with Gasteiger partial charge in [0.1, 0.15) is 30.5 Å². The lowest BCUT2D eigenvalue weighted by atomic mass is 9.32. The second-order valence-electron chi connectivity index (χ2n) is 19.9. The molecule has 0 aromatic carbocycles. The summed E-state index contributed by atoms with van der Waals surface area (Å²) in [5.41, 5.74) is 7.88. The van der Waals surface area contributed by atoms with Crippen LogP contribution in [0.3, 0.4) is 0 Å². The van der Waals surface area contributed by atoms with Gasteiger partial charge in [0.05, 0.1) is 19.3 Å². The molecule has 1 aliphatic heterocycles. The summed E-state index contributed by atoms with van der Waals surface area (Å²) in [6, 6.07) is -1.12. The standard InChI is InChI=1S/C41H71NO8/c1-23(9-10-26(44)33(46)27(45)22-49-36-32(42)35(48)34(47)28(21-43)50-36)24-13-18-38(4)25(24)14-19-40(6)30(38)11-12-31-39(5)17-8-16-37(2,3)29(39)15-20-41(31,40)7/h23-25,27-36,43,45-48H,8-22,42H2,1-7H3/t23?,24-,25+,27?,28-,29+,30-,31-,32-,33?,34-,35-,36-,38+,39+,40-,41-/m1/s1. The molecule has 9 heteroatoms. The van der Waals surface area contributed by atoms with E-state index in [-0.39, 0.29) is 6.42 Å². The highest BCUT2D eigenvalue weighted by Gasteiger charge is 2.70. The van der Waals surface area contributed by atoms with Crippen molar-refractivity contribution in [3.8, 4) is 0 Å². The molecule has 5 saturated carbocycles. The fraction of sp³-hybridized carbons (Fsp3) is 0.976. The Hall–Kier alpha value is -0.650. The van der Waals surface area contributed by atoms with Crippen LogP contribution in [0.25, 0.3) is 0 Å². The molecule has 0 radical (unpaired) electrons. The van der Waals surface area contributed by atoms with Crippen LogP contribution >= 0.6 is 0 Å². The third-order valence-corrected chi connectivity index (χ3v) is 17.4. The lowest BCUT2D eigenvalue weighted by Crippen LogP contribution is -2.65. The van der Waals surface area contributed by atoms with Gasteiger partial charge < -0.3 is 40.7 Å². The smallest absolute Gasteiger partial charge is 0.175 e. The van der Waals surface area contributed by atoms with E-state index in [1.165, 1.54) is 70.6 Å². The third-order valence-electron chi connectivity index (χ3n) is 17.4. The Morgan fingerprint density at radius 1 is 0.840 bits per heavy atom. The lowest BCUT2D eigenvalue weighted by Gasteiger charge is -2.73. The molecule has 3 unspecified atom stereocenters. The third kappa shape index (κ3) is 6.08. The Labute approximate surface area is 301 Å². The number of aliphatic hydroxyl groups is 5. The molecule has 9 nitrogen and oxygen atoms in total. The molecule has 1 saturated heterocycles. The average molecular weight is 706 g/mol. The summed E-state index contributed by atoms with van der Waals surface area (Å²) in [5.74, 6) is 3.54. The maximum atomic E-state index is 13.1. The maximum absolute atomic E-state index is 13.1. The van der Waals surface area contributed by atoms with Crippen LogP contribution in [0.5, 0.6) is 0 Å². The molecule has 0 amide bonds. The van der Waals surface area contributed by atoms with Crippen molar-refractivity contribution in [2.45, 2.75) is 175 Å². The van der Waals surface area contributed by atoms with Gasteiger partial charge in [-0.2, -0.15) is 0 Å². The van der Waals surface area contributed by atoms with Crippen LogP contribution in [0, 0.1) is 62.6 Å². The summed E-state index contributed by atoms with van der Waals surface area (Å²) in [5, 5.41) is 50.9. The van der Waals surface area contributed by atoms with Crippen molar-refractivity contribution in [3.05, 3.63) is 0 Å². The quantitative estimate of drug-likeness (QED) is 0.184. The monoisotopic (exact) mass is 706 g/mol. The second-order valence-corrected chi connectivity index (χ2v) is 19.9. The number of ketones is 1. The minimum atomic E-state index is -1.61. The van der Waals surface area contributed by atoms with Crippen molar-refractivity contribution in [2.75, 3.05) is 13.2 Å². The molecule has 7 N–H and O–H groups in total. The van der Waals surface area contributed by atoms with Gasteiger partial charge in [-0.3, -0.25) is 4.79 Å².